The Morgan fingerprint density at radius 1 is 1.17 bits per heavy atom. The summed E-state index contributed by atoms with van der Waals surface area (Å²) in [7, 11) is 0. The molecular formula is C15H9ClN2O5. The first-order valence-electron chi connectivity index (χ1n) is 6.41. The number of carbonyl (C=O) groups excluding carboxylic acids is 2. The largest absolute Gasteiger partial charge is 0.478 e. The first kappa shape index (κ1) is 14.9. The number of hydrogen-bond donors (Lipinski definition) is 3. The van der Waals surface area contributed by atoms with Crippen LogP contribution in [-0.2, 0) is 4.79 Å². The molecule has 3 N–H and O–H groups in total. The maximum atomic E-state index is 11.4. The number of amides is 3. The van der Waals surface area contributed by atoms with Crippen LogP contribution in [0.2, 0.25) is 5.02 Å². The van der Waals surface area contributed by atoms with Gasteiger partial charge < -0.3 is 14.8 Å². The molecular weight excluding hydrogens is 324 g/mol. The number of imide groups is 1. The minimum atomic E-state index is -1.14. The zero-order valence-corrected chi connectivity index (χ0v) is 12.2. The Labute approximate surface area is 134 Å². The van der Waals surface area contributed by atoms with Crippen LogP contribution in [0.5, 0.6) is 0 Å². The van der Waals surface area contributed by atoms with Gasteiger partial charge in [0.15, 0.2) is 0 Å². The van der Waals surface area contributed by atoms with Gasteiger partial charge in [-0.2, -0.15) is 0 Å². The first-order chi connectivity index (χ1) is 10.9. The lowest BCUT2D eigenvalue weighted by Gasteiger charge is -2.02. The molecule has 0 radical (unpaired) electrons. The second kappa shape index (κ2) is 5.62. The molecule has 23 heavy (non-hydrogen) atoms. The fraction of sp³-hybridized carbons (Fsp3) is 0. The molecule has 1 aliphatic heterocycles. The topological polar surface area (TPSA) is 109 Å². The number of urea groups is 1. The van der Waals surface area contributed by atoms with Crippen molar-refractivity contribution in [3.8, 4) is 11.3 Å². The molecule has 2 heterocycles. The molecule has 0 saturated carbocycles. The maximum Gasteiger partial charge on any atom is 0.337 e. The second-order valence-electron chi connectivity index (χ2n) is 4.67. The average Bonchev–Trinajstić information content (AvgIpc) is 3.06. The monoisotopic (exact) mass is 332 g/mol. The van der Waals surface area contributed by atoms with E-state index in [2.05, 4.69) is 10.6 Å². The number of furan rings is 1. The van der Waals surface area contributed by atoms with Crippen molar-refractivity contribution >= 4 is 35.6 Å². The summed E-state index contributed by atoms with van der Waals surface area (Å²) in [6, 6.07) is 7.09. The number of aromatic carboxylic acids is 1. The van der Waals surface area contributed by atoms with Crippen LogP contribution < -0.4 is 10.6 Å². The molecule has 8 heteroatoms. The fourth-order valence-electron chi connectivity index (χ4n) is 2.05. The van der Waals surface area contributed by atoms with Gasteiger partial charge in [-0.3, -0.25) is 10.1 Å². The Morgan fingerprint density at radius 2 is 1.96 bits per heavy atom. The molecule has 0 bridgehead atoms. The molecule has 1 aromatic heterocycles. The van der Waals surface area contributed by atoms with Crippen molar-refractivity contribution in [2.75, 3.05) is 0 Å². The molecule has 3 rings (SSSR count). The van der Waals surface area contributed by atoms with E-state index in [9.17, 15) is 14.4 Å². The van der Waals surface area contributed by atoms with Gasteiger partial charge in [0.1, 0.15) is 17.2 Å². The number of carboxylic acids is 1. The fourth-order valence-corrected chi connectivity index (χ4v) is 2.25. The summed E-state index contributed by atoms with van der Waals surface area (Å²) in [4.78, 5) is 33.6. The number of carboxylic acid groups (broad SMARTS) is 1. The van der Waals surface area contributed by atoms with Crippen molar-refractivity contribution in [3.63, 3.8) is 0 Å². The van der Waals surface area contributed by atoms with Crippen molar-refractivity contribution in [1.29, 1.82) is 0 Å². The van der Waals surface area contributed by atoms with Crippen LogP contribution in [0, 0.1) is 0 Å². The Morgan fingerprint density at radius 3 is 2.61 bits per heavy atom. The maximum absolute atomic E-state index is 11.4. The van der Waals surface area contributed by atoms with E-state index >= 15 is 0 Å². The average molecular weight is 333 g/mol. The molecule has 1 fully saturated rings. The van der Waals surface area contributed by atoms with Crippen molar-refractivity contribution in [3.05, 3.63) is 52.4 Å². The number of benzene rings is 1. The molecule has 1 aliphatic rings. The molecule has 1 saturated heterocycles. The third kappa shape index (κ3) is 2.95. The summed E-state index contributed by atoms with van der Waals surface area (Å²) >= 11 is 5.82. The van der Waals surface area contributed by atoms with Crippen molar-refractivity contribution in [1.82, 2.24) is 10.6 Å². The van der Waals surface area contributed by atoms with Gasteiger partial charge >= 0.3 is 12.0 Å². The third-order valence-corrected chi connectivity index (χ3v) is 3.44. The highest BCUT2D eigenvalue weighted by atomic mass is 35.5. The summed E-state index contributed by atoms with van der Waals surface area (Å²) < 4.78 is 5.55. The number of halogens is 1. The lowest BCUT2D eigenvalue weighted by Crippen LogP contribution is -2.22. The van der Waals surface area contributed by atoms with Gasteiger partial charge in [0.2, 0.25) is 0 Å². The van der Waals surface area contributed by atoms with E-state index in [4.69, 9.17) is 21.1 Å². The summed E-state index contributed by atoms with van der Waals surface area (Å²) in [5, 5.41) is 13.6. The van der Waals surface area contributed by atoms with Crippen molar-refractivity contribution in [2.45, 2.75) is 0 Å². The Bertz CT molecular complexity index is 869. The normalized spacial score (nSPS) is 15.6. The van der Waals surface area contributed by atoms with Gasteiger partial charge in [-0.1, -0.05) is 11.6 Å². The highest BCUT2D eigenvalue weighted by Crippen LogP contribution is 2.27. The lowest BCUT2D eigenvalue weighted by atomic mass is 10.1. The van der Waals surface area contributed by atoms with E-state index in [-0.39, 0.29) is 16.3 Å². The van der Waals surface area contributed by atoms with Crippen LogP contribution in [0.1, 0.15) is 16.1 Å². The summed E-state index contributed by atoms with van der Waals surface area (Å²) in [6.45, 7) is 0. The zero-order chi connectivity index (χ0) is 16.6. The zero-order valence-electron chi connectivity index (χ0n) is 11.4. The van der Waals surface area contributed by atoms with Gasteiger partial charge in [-0.05, 0) is 30.3 Å². The quantitative estimate of drug-likeness (QED) is 0.591. The first-order valence-corrected chi connectivity index (χ1v) is 6.79. The molecule has 3 amide bonds. The van der Waals surface area contributed by atoms with E-state index in [1.165, 1.54) is 18.2 Å². The SMILES string of the molecule is O=C1NC(=O)/C(=C/c2ccc(-c3ccc(Cl)c(C(=O)O)c3)o2)N1. The van der Waals surface area contributed by atoms with Gasteiger partial charge in [-0.25, -0.2) is 9.59 Å². The Balaban J connectivity index is 1.92. The van der Waals surface area contributed by atoms with E-state index in [0.717, 1.165) is 0 Å². The van der Waals surface area contributed by atoms with Gasteiger partial charge in [0, 0.05) is 11.6 Å². The van der Waals surface area contributed by atoms with Crippen LogP contribution in [0.15, 0.2) is 40.4 Å². The Hall–Kier alpha value is -3.06. The van der Waals surface area contributed by atoms with Gasteiger partial charge in [0.25, 0.3) is 5.91 Å². The number of carbonyl (C=O) groups is 3. The highest BCUT2D eigenvalue weighted by Gasteiger charge is 2.23. The van der Waals surface area contributed by atoms with Crippen LogP contribution in [0.25, 0.3) is 17.4 Å². The smallest absolute Gasteiger partial charge is 0.337 e. The van der Waals surface area contributed by atoms with Crippen LogP contribution in [0.3, 0.4) is 0 Å². The van der Waals surface area contributed by atoms with Gasteiger partial charge in [0.05, 0.1) is 10.6 Å². The van der Waals surface area contributed by atoms with Crippen LogP contribution >= 0.6 is 11.6 Å². The number of hydrogen-bond acceptors (Lipinski definition) is 4. The predicted octanol–water partition coefficient (Wildman–Crippen LogP) is 2.48. The van der Waals surface area contributed by atoms with E-state index in [0.29, 0.717) is 17.1 Å². The van der Waals surface area contributed by atoms with E-state index in [1.54, 1.807) is 18.2 Å². The van der Waals surface area contributed by atoms with Crippen LogP contribution in [-0.4, -0.2) is 23.0 Å². The van der Waals surface area contributed by atoms with Crippen molar-refractivity contribution < 1.29 is 23.9 Å². The summed E-state index contributed by atoms with van der Waals surface area (Å²) in [6.07, 6.45) is 1.37. The lowest BCUT2D eigenvalue weighted by molar-refractivity contribution is -0.115. The minimum Gasteiger partial charge on any atom is -0.478 e. The van der Waals surface area contributed by atoms with E-state index < -0.39 is 17.9 Å². The van der Waals surface area contributed by atoms with Crippen LogP contribution in [0.4, 0.5) is 4.79 Å². The Kier molecular flexibility index (Phi) is 3.63. The van der Waals surface area contributed by atoms with Gasteiger partial charge in [-0.15, -0.1) is 0 Å². The third-order valence-electron chi connectivity index (χ3n) is 3.11. The standard InChI is InChI=1S/C15H9ClN2O5/c16-10-3-1-7(5-9(10)14(20)21)12-4-2-8(23-12)6-11-13(19)18-15(22)17-11/h1-6H,(H,20,21)(H2,17,18,19,22)/b11-6-. The molecule has 0 atom stereocenters. The molecule has 0 aliphatic carbocycles. The molecule has 116 valence electrons. The number of rotatable bonds is 3. The molecule has 7 nitrogen and oxygen atoms in total. The molecule has 0 unspecified atom stereocenters. The second-order valence-corrected chi connectivity index (χ2v) is 5.08. The number of nitrogens with one attached hydrogen (secondary N) is 2. The van der Waals surface area contributed by atoms with E-state index in [1.807, 2.05) is 0 Å². The highest BCUT2D eigenvalue weighted by molar-refractivity contribution is 6.33. The molecule has 1 aromatic carbocycles. The summed E-state index contributed by atoms with van der Waals surface area (Å²) in [5.41, 5.74) is 0.553. The summed E-state index contributed by atoms with van der Waals surface area (Å²) in [5.74, 6) is -0.955. The minimum absolute atomic E-state index is 0.0390. The molecule has 2 aromatic rings. The van der Waals surface area contributed by atoms with Crippen molar-refractivity contribution in [2.24, 2.45) is 0 Å². The predicted molar refractivity (Wildman–Crippen MR) is 80.8 cm³/mol. The molecule has 0 spiro atoms.